The minimum absolute atomic E-state index is 0.148. The second kappa shape index (κ2) is 10.7. The van der Waals surface area contributed by atoms with Gasteiger partial charge in [-0.3, -0.25) is 9.69 Å². The number of amides is 1. The first-order chi connectivity index (χ1) is 15.9. The van der Waals surface area contributed by atoms with Gasteiger partial charge in [-0.15, -0.1) is 0 Å². The van der Waals surface area contributed by atoms with E-state index in [4.69, 9.17) is 4.74 Å². The molecule has 8 heteroatoms. The van der Waals surface area contributed by atoms with Gasteiger partial charge in [0.1, 0.15) is 11.6 Å². The quantitative estimate of drug-likeness (QED) is 0.395. The fraction of sp³-hybridized carbons (Fsp3) is 0.240. The zero-order chi connectivity index (χ0) is 23.4. The van der Waals surface area contributed by atoms with Crippen LogP contribution in [0.4, 0.5) is 15.8 Å². The largest absolute Gasteiger partial charge is 0.495 e. The molecule has 1 fully saturated rings. The average molecular weight is 577 g/mol. The number of carbonyl (C=O) groups excluding carboxylic acids is 1. The minimum Gasteiger partial charge on any atom is -0.495 e. The molecule has 0 spiro atoms. The number of benzene rings is 3. The highest BCUT2D eigenvalue weighted by Gasteiger charge is 2.19. The molecule has 172 valence electrons. The fourth-order valence-electron chi connectivity index (χ4n) is 3.92. The number of halogens is 3. The summed E-state index contributed by atoms with van der Waals surface area (Å²) in [4.78, 5) is 17.4. The van der Waals surface area contributed by atoms with E-state index in [9.17, 15) is 9.18 Å². The summed E-state index contributed by atoms with van der Waals surface area (Å²) < 4.78 is 20.8. The van der Waals surface area contributed by atoms with Crippen LogP contribution in [0, 0.1) is 5.82 Å². The fourth-order valence-corrected chi connectivity index (χ4v) is 5.31. The predicted molar refractivity (Wildman–Crippen MR) is 137 cm³/mol. The van der Waals surface area contributed by atoms with Gasteiger partial charge in [0.05, 0.1) is 17.1 Å². The van der Waals surface area contributed by atoms with E-state index in [1.165, 1.54) is 13.2 Å². The third kappa shape index (κ3) is 5.75. The molecule has 5 nitrogen and oxygen atoms in total. The Morgan fingerprint density at radius 1 is 1.03 bits per heavy atom. The molecule has 1 amide bonds. The molecule has 1 heterocycles. The van der Waals surface area contributed by atoms with Gasteiger partial charge in [0.25, 0.3) is 5.91 Å². The molecule has 33 heavy (non-hydrogen) atoms. The van der Waals surface area contributed by atoms with E-state index in [2.05, 4.69) is 47.0 Å². The van der Waals surface area contributed by atoms with Crippen molar-refractivity contribution in [3.63, 3.8) is 0 Å². The molecule has 0 atom stereocenters. The number of carbonyl (C=O) groups is 1. The zero-order valence-electron chi connectivity index (χ0n) is 18.2. The van der Waals surface area contributed by atoms with Gasteiger partial charge < -0.3 is 15.0 Å². The Kier molecular flexibility index (Phi) is 7.67. The van der Waals surface area contributed by atoms with Gasteiger partial charge >= 0.3 is 0 Å². The Hall–Kier alpha value is -2.42. The van der Waals surface area contributed by atoms with Crippen molar-refractivity contribution >= 4 is 49.1 Å². The maximum Gasteiger partial charge on any atom is 0.259 e. The summed E-state index contributed by atoms with van der Waals surface area (Å²) in [6.07, 6.45) is 0. The van der Waals surface area contributed by atoms with E-state index in [0.29, 0.717) is 28.0 Å². The number of methoxy groups -OCH3 is 1. The topological polar surface area (TPSA) is 44.8 Å². The van der Waals surface area contributed by atoms with Crippen LogP contribution in [0.15, 0.2) is 69.6 Å². The highest BCUT2D eigenvalue weighted by atomic mass is 79.9. The van der Waals surface area contributed by atoms with Crippen LogP contribution in [0.5, 0.6) is 5.75 Å². The van der Waals surface area contributed by atoms with Crippen molar-refractivity contribution in [2.75, 3.05) is 43.5 Å². The molecule has 1 aliphatic rings. The van der Waals surface area contributed by atoms with Gasteiger partial charge in [-0.2, -0.15) is 0 Å². The first-order valence-corrected chi connectivity index (χ1v) is 12.2. The molecule has 0 aliphatic carbocycles. The molecule has 4 rings (SSSR count). The lowest BCUT2D eigenvalue weighted by Crippen LogP contribution is -2.46. The van der Waals surface area contributed by atoms with E-state index in [0.717, 1.165) is 41.9 Å². The van der Waals surface area contributed by atoms with Crippen LogP contribution in [0.1, 0.15) is 15.9 Å². The van der Waals surface area contributed by atoms with Crippen molar-refractivity contribution < 1.29 is 13.9 Å². The summed E-state index contributed by atoms with van der Waals surface area (Å²) in [7, 11) is 1.54. The summed E-state index contributed by atoms with van der Waals surface area (Å²) >= 11 is 6.85. The number of nitrogens with zero attached hydrogens (tertiary/aromatic N) is 2. The summed E-state index contributed by atoms with van der Waals surface area (Å²) in [5, 5.41) is 2.93. The van der Waals surface area contributed by atoms with Crippen LogP contribution in [-0.2, 0) is 6.54 Å². The van der Waals surface area contributed by atoms with Crippen molar-refractivity contribution in [2.45, 2.75) is 6.54 Å². The van der Waals surface area contributed by atoms with Crippen molar-refractivity contribution in [2.24, 2.45) is 0 Å². The number of ether oxygens (including phenoxy) is 1. The molecule has 0 aromatic heterocycles. The average Bonchev–Trinajstić information content (AvgIpc) is 2.81. The Morgan fingerprint density at radius 2 is 1.73 bits per heavy atom. The van der Waals surface area contributed by atoms with Gasteiger partial charge in [-0.25, -0.2) is 4.39 Å². The Balaban J connectivity index is 1.36. The molecule has 3 aromatic rings. The molecule has 1 N–H and O–H groups in total. The van der Waals surface area contributed by atoms with Crippen LogP contribution in [0.3, 0.4) is 0 Å². The third-order valence-electron chi connectivity index (χ3n) is 5.67. The molecular formula is C25H24Br2FN3O2. The smallest absolute Gasteiger partial charge is 0.259 e. The Labute approximate surface area is 209 Å². The van der Waals surface area contributed by atoms with Crippen LogP contribution in [0.25, 0.3) is 0 Å². The lowest BCUT2D eigenvalue weighted by molar-refractivity contribution is 0.102. The first-order valence-electron chi connectivity index (χ1n) is 10.6. The van der Waals surface area contributed by atoms with Crippen molar-refractivity contribution in [1.82, 2.24) is 4.90 Å². The summed E-state index contributed by atoms with van der Waals surface area (Å²) in [6, 6.07) is 18.3. The zero-order valence-corrected chi connectivity index (χ0v) is 21.3. The van der Waals surface area contributed by atoms with Crippen molar-refractivity contribution in [3.05, 3.63) is 86.6 Å². The Bertz CT molecular complexity index is 1130. The van der Waals surface area contributed by atoms with Gasteiger partial charge in [0.15, 0.2) is 0 Å². The molecule has 1 saturated heterocycles. The molecular weight excluding hydrogens is 553 g/mol. The molecule has 3 aromatic carbocycles. The van der Waals surface area contributed by atoms with E-state index in [-0.39, 0.29) is 11.7 Å². The Morgan fingerprint density at radius 3 is 2.39 bits per heavy atom. The molecule has 1 aliphatic heterocycles. The monoisotopic (exact) mass is 575 g/mol. The summed E-state index contributed by atoms with van der Waals surface area (Å²) in [5.41, 5.74) is 2.98. The van der Waals surface area contributed by atoms with Crippen LogP contribution in [0.2, 0.25) is 0 Å². The van der Waals surface area contributed by atoms with Crippen molar-refractivity contribution in [3.8, 4) is 5.75 Å². The lowest BCUT2D eigenvalue weighted by Gasteiger charge is -2.36. The molecule has 0 bridgehead atoms. The van der Waals surface area contributed by atoms with E-state index < -0.39 is 0 Å². The lowest BCUT2D eigenvalue weighted by atomic mass is 10.1. The van der Waals surface area contributed by atoms with E-state index in [1.54, 1.807) is 12.1 Å². The number of nitrogens with one attached hydrogen (secondary N) is 1. The van der Waals surface area contributed by atoms with E-state index >= 15 is 0 Å². The van der Waals surface area contributed by atoms with Crippen LogP contribution in [-0.4, -0.2) is 44.1 Å². The van der Waals surface area contributed by atoms with E-state index in [1.807, 2.05) is 42.5 Å². The van der Waals surface area contributed by atoms with Gasteiger partial charge in [-0.1, -0.05) is 34.1 Å². The maximum absolute atomic E-state index is 13.9. The normalized spacial score (nSPS) is 14.2. The van der Waals surface area contributed by atoms with Gasteiger partial charge in [-0.05, 0) is 58.4 Å². The standard InChI is InChI=1S/C25H24Br2FN3O2/c1-33-24-21(14-18(26)15-22(24)27)25(32)29-19-6-8-20(9-7-19)31-12-10-30(11-13-31)16-17-4-2-3-5-23(17)28/h2-9,14-15H,10-13,16H2,1H3,(H,29,32). The minimum atomic E-state index is -0.247. The number of rotatable bonds is 6. The number of hydrogen-bond acceptors (Lipinski definition) is 4. The van der Waals surface area contributed by atoms with Gasteiger partial charge in [0.2, 0.25) is 0 Å². The molecule has 0 radical (unpaired) electrons. The molecule has 0 unspecified atom stereocenters. The second-order valence-corrected chi connectivity index (χ2v) is 9.59. The van der Waals surface area contributed by atoms with Gasteiger partial charge in [0, 0.05) is 54.1 Å². The van der Waals surface area contributed by atoms with Crippen LogP contribution >= 0.6 is 31.9 Å². The first kappa shape index (κ1) is 23.7. The maximum atomic E-state index is 13.9. The second-order valence-electron chi connectivity index (χ2n) is 7.82. The predicted octanol–water partition coefficient (Wildman–Crippen LogP) is 5.93. The van der Waals surface area contributed by atoms with Crippen molar-refractivity contribution in [1.29, 1.82) is 0 Å². The number of anilines is 2. The number of hydrogen-bond donors (Lipinski definition) is 1. The summed E-state index contributed by atoms with van der Waals surface area (Å²) in [6.45, 7) is 4.09. The highest BCUT2D eigenvalue weighted by Crippen LogP contribution is 2.33. The summed E-state index contributed by atoms with van der Waals surface area (Å²) in [5.74, 6) is 0.0920. The molecule has 0 saturated carbocycles. The van der Waals surface area contributed by atoms with Crippen LogP contribution < -0.4 is 15.0 Å². The SMILES string of the molecule is COc1c(Br)cc(Br)cc1C(=O)Nc1ccc(N2CCN(Cc3ccccc3F)CC2)cc1. The highest BCUT2D eigenvalue weighted by molar-refractivity contribution is 9.11. The third-order valence-corrected chi connectivity index (χ3v) is 6.72. The number of piperazine rings is 1.